The molecular weight excluding hydrogens is 322 g/mol. The topological polar surface area (TPSA) is 55.4 Å². The Morgan fingerprint density at radius 1 is 1.35 bits per heavy atom. The van der Waals surface area contributed by atoms with Crippen LogP contribution in [0.3, 0.4) is 0 Å². The lowest BCUT2D eigenvalue weighted by molar-refractivity contribution is -0.151. The van der Waals surface area contributed by atoms with Gasteiger partial charge < -0.3 is 10.1 Å². The Morgan fingerprint density at radius 3 is 2.70 bits per heavy atom. The largest absolute Gasteiger partial charge is 0.455 e. The number of rotatable bonds is 4. The summed E-state index contributed by atoms with van der Waals surface area (Å²) in [7, 11) is 0. The molecule has 0 aromatic heterocycles. The van der Waals surface area contributed by atoms with Gasteiger partial charge in [0.2, 0.25) is 0 Å². The highest BCUT2D eigenvalue weighted by Gasteiger charge is 2.24. The number of benzene rings is 1. The van der Waals surface area contributed by atoms with E-state index in [0.717, 1.165) is 41.4 Å². The van der Waals surface area contributed by atoms with Gasteiger partial charge in [0.15, 0.2) is 6.61 Å². The first-order chi connectivity index (χ1) is 9.56. The number of carbonyl (C=O) groups excluding carboxylic acids is 2. The van der Waals surface area contributed by atoms with E-state index in [1.54, 1.807) is 0 Å². The van der Waals surface area contributed by atoms with Crippen LogP contribution in [0.15, 0.2) is 22.7 Å². The molecule has 0 radical (unpaired) electrons. The van der Waals surface area contributed by atoms with Gasteiger partial charge in [-0.2, -0.15) is 0 Å². The van der Waals surface area contributed by atoms with E-state index in [9.17, 15) is 9.59 Å². The van der Waals surface area contributed by atoms with E-state index in [2.05, 4.69) is 21.2 Å². The lowest BCUT2D eigenvalue weighted by Gasteiger charge is -2.11. The molecule has 1 saturated carbocycles. The van der Waals surface area contributed by atoms with Gasteiger partial charge in [-0.3, -0.25) is 9.59 Å². The second-order valence-corrected chi connectivity index (χ2v) is 6.01. The first kappa shape index (κ1) is 15.0. The van der Waals surface area contributed by atoms with E-state index < -0.39 is 0 Å². The highest BCUT2D eigenvalue weighted by Crippen LogP contribution is 2.25. The summed E-state index contributed by atoms with van der Waals surface area (Å²) in [4.78, 5) is 23.5. The molecule has 1 aromatic rings. The quantitative estimate of drug-likeness (QED) is 0.855. The van der Waals surface area contributed by atoms with Crippen molar-refractivity contribution in [1.82, 2.24) is 0 Å². The number of nitrogens with one attached hydrogen (secondary N) is 1. The van der Waals surface area contributed by atoms with Crippen molar-refractivity contribution in [2.75, 3.05) is 11.9 Å². The molecule has 1 aliphatic carbocycles. The molecule has 0 spiro atoms. The van der Waals surface area contributed by atoms with E-state index in [1.807, 2.05) is 25.1 Å². The van der Waals surface area contributed by atoms with Crippen molar-refractivity contribution < 1.29 is 14.3 Å². The molecule has 1 fully saturated rings. The van der Waals surface area contributed by atoms with E-state index in [-0.39, 0.29) is 24.4 Å². The van der Waals surface area contributed by atoms with Crippen molar-refractivity contribution in [3.05, 3.63) is 28.2 Å². The zero-order chi connectivity index (χ0) is 14.5. The maximum atomic E-state index is 11.8. The lowest BCUT2D eigenvalue weighted by Crippen LogP contribution is -2.24. The highest BCUT2D eigenvalue weighted by atomic mass is 79.9. The summed E-state index contributed by atoms with van der Waals surface area (Å²) in [5.74, 6) is -0.566. The predicted molar refractivity (Wildman–Crippen MR) is 80.4 cm³/mol. The molecule has 0 atom stereocenters. The summed E-state index contributed by atoms with van der Waals surface area (Å²) < 4.78 is 6.02. The van der Waals surface area contributed by atoms with Crippen LogP contribution < -0.4 is 5.32 Å². The van der Waals surface area contributed by atoms with Gasteiger partial charge in [-0.25, -0.2) is 0 Å². The molecule has 0 aliphatic heterocycles. The summed E-state index contributed by atoms with van der Waals surface area (Å²) in [6.45, 7) is 1.69. The molecule has 4 nitrogen and oxygen atoms in total. The number of halogens is 1. The van der Waals surface area contributed by atoms with Gasteiger partial charge >= 0.3 is 5.97 Å². The van der Waals surface area contributed by atoms with E-state index in [1.165, 1.54) is 0 Å². The van der Waals surface area contributed by atoms with Crippen molar-refractivity contribution >= 4 is 33.5 Å². The fourth-order valence-electron chi connectivity index (χ4n) is 2.37. The Labute approximate surface area is 127 Å². The number of hydrogen-bond donors (Lipinski definition) is 1. The SMILES string of the molecule is Cc1cc(Br)ccc1NC(=O)COC(=O)C1CCCC1. The molecule has 2 rings (SSSR count). The third-order valence-corrected chi connectivity index (χ3v) is 3.99. The minimum absolute atomic E-state index is 0.0165. The number of amides is 1. The van der Waals surface area contributed by atoms with Gasteiger partial charge in [0.25, 0.3) is 5.91 Å². The van der Waals surface area contributed by atoms with E-state index in [4.69, 9.17) is 4.74 Å². The molecule has 1 aromatic carbocycles. The van der Waals surface area contributed by atoms with Gasteiger partial charge in [0.1, 0.15) is 0 Å². The molecular formula is C15H18BrNO3. The molecule has 108 valence electrons. The van der Waals surface area contributed by atoms with Crippen LogP contribution in [-0.2, 0) is 14.3 Å². The fourth-order valence-corrected chi connectivity index (χ4v) is 2.85. The van der Waals surface area contributed by atoms with Gasteiger partial charge in [0, 0.05) is 10.2 Å². The number of ether oxygens (including phenoxy) is 1. The molecule has 0 bridgehead atoms. The number of anilines is 1. The van der Waals surface area contributed by atoms with Crippen LogP contribution in [0.2, 0.25) is 0 Å². The second kappa shape index (κ2) is 6.88. The molecule has 0 unspecified atom stereocenters. The van der Waals surface area contributed by atoms with Crippen molar-refractivity contribution in [2.24, 2.45) is 5.92 Å². The third-order valence-electron chi connectivity index (χ3n) is 3.50. The highest BCUT2D eigenvalue weighted by molar-refractivity contribution is 9.10. The number of carbonyl (C=O) groups is 2. The summed E-state index contributed by atoms with van der Waals surface area (Å²) in [5.41, 5.74) is 1.69. The van der Waals surface area contributed by atoms with Gasteiger partial charge in [-0.15, -0.1) is 0 Å². The Balaban J connectivity index is 1.81. The minimum atomic E-state index is -0.304. The maximum Gasteiger partial charge on any atom is 0.309 e. The minimum Gasteiger partial charge on any atom is -0.455 e. The molecule has 0 saturated heterocycles. The summed E-state index contributed by atoms with van der Waals surface area (Å²) in [5, 5.41) is 2.75. The first-order valence-corrected chi connectivity index (χ1v) is 7.58. The normalized spacial score (nSPS) is 15.1. The van der Waals surface area contributed by atoms with Crippen LogP contribution >= 0.6 is 15.9 Å². The molecule has 1 aliphatic rings. The standard InChI is InChI=1S/C15H18BrNO3/c1-10-8-12(16)6-7-13(10)17-14(18)9-20-15(19)11-4-2-3-5-11/h6-8,11H,2-5,9H2,1H3,(H,17,18). The van der Waals surface area contributed by atoms with Crippen LogP contribution in [-0.4, -0.2) is 18.5 Å². The Morgan fingerprint density at radius 2 is 2.05 bits per heavy atom. The molecule has 0 heterocycles. The van der Waals surface area contributed by atoms with Gasteiger partial charge in [-0.05, 0) is 43.5 Å². The van der Waals surface area contributed by atoms with Crippen molar-refractivity contribution in [3.8, 4) is 0 Å². The Hall–Kier alpha value is -1.36. The molecule has 1 amide bonds. The van der Waals surface area contributed by atoms with Crippen molar-refractivity contribution in [3.63, 3.8) is 0 Å². The second-order valence-electron chi connectivity index (χ2n) is 5.10. The van der Waals surface area contributed by atoms with Crippen molar-refractivity contribution in [2.45, 2.75) is 32.6 Å². The number of aryl methyl sites for hydroxylation is 1. The summed E-state index contributed by atoms with van der Waals surface area (Å²) in [6.07, 6.45) is 3.91. The fraction of sp³-hybridized carbons (Fsp3) is 0.467. The van der Waals surface area contributed by atoms with Gasteiger partial charge in [-0.1, -0.05) is 28.8 Å². The van der Waals surface area contributed by atoms with Crippen LogP contribution in [0.5, 0.6) is 0 Å². The smallest absolute Gasteiger partial charge is 0.309 e. The zero-order valence-corrected chi connectivity index (χ0v) is 13.0. The maximum absolute atomic E-state index is 11.8. The number of esters is 1. The Kier molecular flexibility index (Phi) is 5.17. The van der Waals surface area contributed by atoms with E-state index in [0.29, 0.717) is 0 Å². The van der Waals surface area contributed by atoms with Gasteiger partial charge in [0.05, 0.1) is 5.92 Å². The first-order valence-electron chi connectivity index (χ1n) is 6.79. The monoisotopic (exact) mass is 339 g/mol. The van der Waals surface area contributed by atoms with Crippen LogP contribution in [0, 0.1) is 12.8 Å². The van der Waals surface area contributed by atoms with Crippen LogP contribution in [0.25, 0.3) is 0 Å². The third kappa shape index (κ3) is 4.07. The molecule has 1 N–H and O–H groups in total. The van der Waals surface area contributed by atoms with Crippen molar-refractivity contribution in [1.29, 1.82) is 0 Å². The average Bonchev–Trinajstić information content (AvgIpc) is 2.93. The van der Waals surface area contributed by atoms with Crippen LogP contribution in [0.1, 0.15) is 31.2 Å². The number of hydrogen-bond acceptors (Lipinski definition) is 3. The predicted octanol–water partition coefficient (Wildman–Crippen LogP) is 3.43. The summed E-state index contributed by atoms with van der Waals surface area (Å²) >= 11 is 3.37. The summed E-state index contributed by atoms with van der Waals surface area (Å²) in [6, 6.07) is 5.59. The van der Waals surface area contributed by atoms with E-state index >= 15 is 0 Å². The lowest BCUT2D eigenvalue weighted by atomic mass is 10.1. The molecule has 20 heavy (non-hydrogen) atoms. The Bertz CT molecular complexity index is 510. The zero-order valence-electron chi connectivity index (χ0n) is 11.4. The van der Waals surface area contributed by atoms with Crippen LogP contribution in [0.4, 0.5) is 5.69 Å². The molecule has 5 heteroatoms. The average molecular weight is 340 g/mol.